The Morgan fingerprint density at radius 2 is 2.08 bits per heavy atom. The molecule has 128 valence electrons. The molecule has 2 N–H and O–H groups in total. The van der Waals surface area contributed by atoms with Gasteiger partial charge >= 0.3 is 0 Å². The standard InChI is InChI=1S/C18H25N5O/c1-13-11-19-9-10-22(13)12-17(24)20-18-14(2)21-23(15(18)3)16-7-5-4-6-8-16/h4-8,13,19H,9-12H2,1-3H3,(H,20,24)/t13-/m1/s1. The number of benzene rings is 1. The summed E-state index contributed by atoms with van der Waals surface area (Å²) in [6, 6.07) is 10.3. The van der Waals surface area contributed by atoms with Gasteiger partial charge in [-0.25, -0.2) is 4.68 Å². The average molecular weight is 327 g/mol. The van der Waals surface area contributed by atoms with E-state index in [4.69, 9.17) is 0 Å². The Kier molecular flexibility index (Phi) is 4.97. The molecule has 1 saturated heterocycles. The number of piperazine rings is 1. The van der Waals surface area contributed by atoms with Crippen molar-refractivity contribution in [1.29, 1.82) is 0 Å². The fraction of sp³-hybridized carbons (Fsp3) is 0.444. The highest BCUT2D eigenvalue weighted by Crippen LogP contribution is 2.22. The van der Waals surface area contributed by atoms with Gasteiger partial charge in [0.05, 0.1) is 29.3 Å². The van der Waals surface area contributed by atoms with Crippen LogP contribution in [0.25, 0.3) is 5.69 Å². The number of aromatic nitrogens is 2. The molecule has 6 nitrogen and oxygen atoms in total. The van der Waals surface area contributed by atoms with Crippen molar-refractivity contribution in [2.75, 3.05) is 31.5 Å². The Bertz CT molecular complexity index is 710. The molecule has 0 saturated carbocycles. The van der Waals surface area contributed by atoms with Crippen LogP contribution in [0.3, 0.4) is 0 Å². The predicted octanol–water partition coefficient (Wildman–Crippen LogP) is 1.72. The second-order valence-corrected chi connectivity index (χ2v) is 6.36. The first kappa shape index (κ1) is 16.7. The van der Waals surface area contributed by atoms with Gasteiger partial charge in [-0.05, 0) is 32.9 Å². The van der Waals surface area contributed by atoms with Crippen LogP contribution in [0.15, 0.2) is 30.3 Å². The largest absolute Gasteiger partial charge is 0.322 e. The van der Waals surface area contributed by atoms with Crippen LogP contribution in [0.5, 0.6) is 0 Å². The number of para-hydroxylation sites is 1. The number of anilines is 1. The predicted molar refractivity (Wildman–Crippen MR) is 95.6 cm³/mol. The Labute approximate surface area is 142 Å². The van der Waals surface area contributed by atoms with E-state index < -0.39 is 0 Å². The van der Waals surface area contributed by atoms with Crippen molar-refractivity contribution in [2.45, 2.75) is 26.8 Å². The minimum Gasteiger partial charge on any atom is -0.322 e. The van der Waals surface area contributed by atoms with Gasteiger partial charge in [0.15, 0.2) is 0 Å². The molecule has 2 aromatic rings. The smallest absolute Gasteiger partial charge is 0.238 e. The van der Waals surface area contributed by atoms with Crippen molar-refractivity contribution in [3.05, 3.63) is 41.7 Å². The third kappa shape index (κ3) is 3.49. The number of rotatable bonds is 4. The van der Waals surface area contributed by atoms with E-state index in [0.717, 1.165) is 42.4 Å². The summed E-state index contributed by atoms with van der Waals surface area (Å²) in [6.45, 7) is 9.22. The molecule has 1 fully saturated rings. The van der Waals surface area contributed by atoms with Crippen LogP contribution in [0, 0.1) is 13.8 Å². The molecule has 0 radical (unpaired) electrons. The molecule has 0 spiro atoms. The number of carbonyl (C=O) groups is 1. The highest BCUT2D eigenvalue weighted by atomic mass is 16.2. The number of amides is 1. The van der Waals surface area contributed by atoms with Crippen molar-refractivity contribution in [3.63, 3.8) is 0 Å². The number of hydrogen-bond acceptors (Lipinski definition) is 4. The van der Waals surface area contributed by atoms with Crippen LogP contribution in [0.2, 0.25) is 0 Å². The maximum absolute atomic E-state index is 12.5. The van der Waals surface area contributed by atoms with Crippen molar-refractivity contribution in [2.24, 2.45) is 0 Å². The van der Waals surface area contributed by atoms with Crippen LogP contribution in [0.1, 0.15) is 18.3 Å². The maximum Gasteiger partial charge on any atom is 0.238 e. The minimum absolute atomic E-state index is 0.0163. The lowest BCUT2D eigenvalue weighted by molar-refractivity contribution is -0.118. The maximum atomic E-state index is 12.5. The fourth-order valence-corrected chi connectivity index (χ4v) is 3.13. The van der Waals surface area contributed by atoms with Gasteiger partial charge in [0.1, 0.15) is 0 Å². The van der Waals surface area contributed by atoms with Gasteiger partial charge < -0.3 is 10.6 Å². The second kappa shape index (κ2) is 7.15. The van der Waals surface area contributed by atoms with E-state index >= 15 is 0 Å². The molecule has 3 rings (SSSR count). The second-order valence-electron chi connectivity index (χ2n) is 6.36. The van der Waals surface area contributed by atoms with Crippen molar-refractivity contribution >= 4 is 11.6 Å². The van der Waals surface area contributed by atoms with Gasteiger partial charge in [-0.15, -0.1) is 0 Å². The zero-order valence-corrected chi connectivity index (χ0v) is 14.5. The zero-order valence-electron chi connectivity index (χ0n) is 14.5. The molecular weight excluding hydrogens is 302 g/mol. The molecule has 0 aliphatic carbocycles. The van der Waals surface area contributed by atoms with E-state index in [1.165, 1.54) is 0 Å². The lowest BCUT2D eigenvalue weighted by Crippen LogP contribution is -2.52. The summed E-state index contributed by atoms with van der Waals surface area (Å²) in [5, 5.41) is 11.0. The molecule has 2 heterocycles. The highest BCUT2D eigenvalue weighted by molar-refractivity contribution is 5.93. The third-order valence-electron chi connectivity index (χ3n) is 4.54. The van der Waals surface area contributed by atoms with Gasteiger partial charge in [-0.3, -0.25) is 9.69 Å². The lowest BCUT2D eigenvalue weighted by atomic mass is 10.2. The normalized spacial score (nSPS) is 18.5. The third-order valence-corrected chi connectivity index (χ3v) is 4.54. The van der Waals surface area contributed by atoms with Gasteiger partial charge in [0, 0.05) is 25.7 Å². The first-order chi connectivity index (χ1) is 11.6. The Morgan fingerprint density at radius 3 is 2.79 bits per heavy atom. The number of aryl methyl sites for hydroxylation is 1. The topological polar surface area (TPSA) is 62.2 Å². The number of carbonyl (C=O) groups excluding carboxylic acids is 1. The molecule has 1 amide bonds. The number of nitrogens with zero attached hydrogens (tertiary/aromatic N) is 3. The van der Waals surface area contributed by atoms with E-state index in [2.05, 4.69) is 27.6 Å². The molecule has 1 aromatic carbocycles. The molecule has 1 aliphatic heterocycles. The van der Waals surface area contributed by atoms with Crippen LogP contribution in [-0.4, -0.2) is 52.8 Å². The summed E-state index contributed by atoms with van der Waals surface area (Å²) >= 11 is 0. The zero-order chi connectivity index (χ0) is 17.1. The van der Waals surface area contributed by atoms with Crippen LogP contribution >= 0.6 is 0 Å². The van der Waals surface area contributed by atoms with Gasteiger partial charge in [0.2, 0.25) is 5.91 Å². The molecule has 24 heavy (non-hydrogen) atoms. The number of nitrogens with one attached hydrogen (secondary N) is 2. The molecule has 6 heteroatoms. The van der Waals surface area contributed by atoms with E-state index in [-0.39, 0.29) is 5.91 Å². The van der Waals surface area contributed by atoms with Gasteiger partial charge in [0.25, 0.3) is 0 Å². The highest BCUT2D eigenvalue weighted by Gasteiger charge is 2.22. The van der Waals surface area contributed by atoms with Crippen molar-refractivity contribution < 1.29 is 4.79 Å². The van der Waals surface area contributed by atoms with Crippen molar-refractivity contribution in [1.82, 2.24) is 20.0 Å². The molecule has 1 atom stereocenters. The quantitative estimate of drug-likeness (QED) is 0.898. The van der Waals surface area contributed by atoms with Crippen LogP contribution in [0.4, 0.5) is 5.69 Å². The summed E-state index contributed by atoms with van der Waals surface area (Å²) < 4.78 is 1.87. The molecule has 1 aromatic heterocycles. The minimum atomic E-state index is 0.0163. The van der Waals surface area contributed by atoms with E-state index in [9.17, 15) is 4.79 Å². The fourth-order valence-electron chi connectivity index (χ4n) is 3.13. The summed E-state index contributed by atoms with van der Waals surface area (Å²) in [5.74, 6) is 0.0163. The van der Waals surface area contributed by atoms with E-state index in [1.807, 2.05) is 48.9 Å². The Morgan fingerprint density at radius 1 is 1.33 bits per heavy atom. The molecule has 1 aliphatic rings. The van der Waals surface area contributed by atoms with Crippen molar-refractivity contribution in [3.8, 4) is 5.69 Å². The summed E-state index contributed by atoms with van der Waals surface area (Å²) in [5.41, 5.74) is 3.58. The summed E-state index contributed by atoms with van der Waals surface area (Å²) in [7, 11) is 0. The summed E-state index contributed by atoms with van der Waals surface area (Å²) in [6.07, 6.45) is 0. The molecular formula is C18H25N5O. The first-order valence-electron chi connectivity index (χ1n) is 8.42. The van der Waals surface area contributed by atoms with E-state index in [0.29, 0.717) is 12.6 Å². The molecule has 0 unspecified atom stereocenters. The van der Waals surface area contributed by atoms with E-state index in [1.54, 1.807) is 0 Å². The van der Waals surface area contributed by atoms with Crippen LogP contribution < -0.4 is 10.6 Å². The monoisotopic (exact) mass is 327 g/mol. The van der Waals surface area contributed by atoms with Crippen LogP contribution in [-0.2, 0) is 4.79 Å². The van der Waals surface area contributed by atoms with Gasteiger partial charge in [-0.2, -0.15) is 5.10 Å². The molecule has 0 bridgehead atoms. The SMILES string of the molecule is Cc1nn(-c2ccccc2)c(C)c1NC(=O)CN1CCNC[C@H]1C. The lowest BCUT2D eigenvalue weighted by Gasteiger charge is -2.33. The first-order valence-corrected chi connectivity index (χ1v) is 8.42. The number of hydrogen-bond donors (Lipinski definition) is 2. The Hall–Kier alpha value is -2.18. The van der Waals surface area contributed by atoms with Gasteiger partial charge in [-0.1, -0.05) is 18.2 Å². The average Bonchev–Trinajstić information content (AvgIpc) is 2.86. The Balaban J connectivity index is 1.73. The summed E-state index contributed by atoms with van der Waals surface area (Å²) in [4.78, 5) is 14.7.